The van der Waals surface area contributed by atoms with Crippen molar-refractivity contribution in [3.8, 4) is 0 Å². The van der Waals surface area contributed by atoms with Gasteiger partial charge in [-0.3, -0.25) is 4.79 Å². The molecule has 0 aliphatic carbocycles. The average molecular weight is 393 g/mol. The van der Waals surface area contributed by atoms with Gasteiger partial charge in [0.2, 0.25) is 5.78 Å². The molecule has 1 aliphatic heterocycles. The maximum atomic E-state index is 12.2. The van der Waals surface area contributed by atoms with E-state index in [1.54, 1.807) is 23.5 Å². The van der Waals surface area contributed by atoms with Gasteiger partial charge in [-0.25, -0.2) is 4.79 Å². The van der Waals surface area contributed by atoms with E-state index in [0.29, 0.717) is 15.7 Å². The molecule has 3 rings (SSSR count). The summed E-state index contributed by atoms with van der Waals surface area (Å²) in [5, 5.41) is 0. The van der Waals surface area contributed by atoms with Crippen molar-refractivity contribution in [3.63, 3.8) is 0 Å². The van der Waals surface area contributed by atoms with Crippen molar-refractivity contribution in [1.82, 2.24) is 0 Å². The first-order valence-electron chi connectivity index (χ1n) is 8.15. The lowest BCUT2D eigenvalue weighted by atomic mass is 10.1. The summed E-state index contributed by atoms with van der Waals surface area (Å²) in [4.78, 5) is 26.4. The van der Waals surface area contributed by atoms with Crippen LogP contribution in [0.25, 0.3) is 0 Å². The number of hydrogen-bond donors (Lipinski definition) is 0. The molecule has 0 unspecified atom stereocenters. The molecular formula is C19H20O3S3. The Labute approximate surface area is 160 Å². The van der Waals surface area contributed by atoms with Gasteiger partial charge in [0.1, 0.15) is 0 Å². The number of benzene rings is 1. The summed E-state index contributed by atoms with van der Waals surface area (Å²) in [6.45, 7) is 3.66. The van der Waals surface area contributed by atoms with Gasteiger partial charge in [0, 0.05) is 15.3 Å². The van der Waals surface area contributed by atoms with E-state index >= 15 is 0 Å². The molecule has 0 spiro atoms. The Morgan fingerprint density at radius 3 is 2.40 bits per heavy atom. The highest BCUT2D eigenvalue weighted by molar-refractivity contribution is 8.16. The maximum Gasteiger partial charge on any atom is 0.338 e. The van der Waals surface area contributed by atoms with Gasteiger partial charge >= 0.3 is 5.97 Å². The number of carbonyl (C=O) groups excluding carboxylic acids is 2. The van der Waals surface area contributed by atoms with Crippen molar-refractivity contribution in [2.24, 2.45) is 0 Å². The lowest BCUT2D eigenvalue weighted by Crippen LogP contribution is -2.14. The van der Waals surface area contributed by atoms with Gasteiger partial charge in [0.25, 0.3) is 0 Å². The second kappa shape index (κ2) is 8.43. The molecule has 2 aromatic rings. The highest BCUT2D eigenvalue weighted by atomic mass is 32.2. The molecule has 0 atom stereocenters. The van der Waals surface area contributed by atoms with Crippen LogP contribution in [-0.2, 0) is 4.74 Å². The number of hydrogen-bond acceptors (Lipinski definition) is 6. The smallest absolute Gasteiger partial charge is 0.338 e. The molecule has 1 fully saturated rings. The molecule has 3 nitrogen and oxygen atoms in total. The van der Waals surface area contributed by atoms with Gasteiger partial charge < -0.3 is 4.74 Å². The number of carbonyl (C=O) groups is 2. The lowest BCUT2D eigenvalue weighted by Gasteiger charge is -2.21. The van der Waals surface area contributed by atoms with Crippen LogP contribution in [0.15, 0.2) is 30.3 Å². The topological polar surface area (TPSA) is 43.4 Å². The van der Waals surface area contributed by atoms with Gasteiger partial charge in [-0.05, 0) is 55.5 Å². The molecule has 0 N–H and O–H groups in total. The van der Waals surface area contributed by atoms with Crippen molar-refractivity contribution in [1.29, 1.82) is 0 Å². The predicted molar refractivity (Wildman–Crippen MR) is 107 cm³/mol. The van der Waals surface area contributed by atoms with Gasteiger partial charge in [0.15, 0.2) is 6.61 Å². The highest BCUT2D eigenvalue weighted by Crippen LogP contribution is 2.43. The highest BCUT2D eigenvalue weighted by Gasteiger charge is 2.18. The van der Waals surface area contributed by atoms with E-state index in [2.05, 4.69) is 0 Å². The molecule has 2 heterocycles. The van der Waals surface area contributed by atoms with Crippen LogP contribution in [0.3, 0.4) is 0 Å². The predicted octanol–water partition coefficient (Wildman–Crippen LogP) is 5.27. The minimum atomic E-state index is -0.451. The van der Waals surface area contributed by atoms with Gasteiger partial charge in [0.05, 0.1) is 10.1 Å². The molecule has 1 saturated heterocycles. The molecule has 25 heavy (non-hydrogen) atoms. The standard InChI is InChI=1S/C19H20O3S3/c1-12-10-16(13(2)25-12)17(20)11-22-18(21)14-4-6-15(7-5-14)19-23-8-3-9-24-19/h4-7,10,19H,3,8-9,11H2,1-2H3. The average Bonchev–Trinajstić information content (AvgIpc) is 2.98. The Morgan fingerprint density at radius 2 is 1.80 bits per heavy atom. The van der Waals surface area contributed by atoms with Crippen LogP contribution in [0.4, 0.5) is 0 Å². The van der Waals surface area contributed by atoms with Crippen LogP contribution in [0.2, 0.25) is 0 Å². The van der Waals surface area contributed by atoms with Gasteiger partial charge in [-0.1, -0.05) is 12.1 Å². The fraction of sp³-hybridized carbons (Fsp3) is 0.368. The first-order chi connectivity index (χ1) is 12.0. The first kappa shape index (κ1) is 18.5. The van der Waals surface area contributed by atoms with Crippen LogP contribution in [0.1, 0.15) is 47.0 Å². The normalized spacial score (nSPS) is 15.1. The number of rotatable bonds is 5. The monoisotopic (exact) mass is 392 g/mol. The summed E-state index contributed by atoms with van der Waals surface area (Å²) in [6, 6.07) is 9.40. The zero-order valence-electron chi connectivity index (χ0n) is 14.2. The summed E-state index contributed by atoms with van der Waals surface area (Å²) in [7, 11) is 0. The minimum absolute atomic E-state index is 0.151. The number of ether oxygens (including phenoxy) is 1. The number of thioether (sulfide) groups is 2. The largest absolute Gasteiger partial charge is 0.454 e. The van der Waals surface area contributed by atoms with Gasteiger partial charge in [-0.15, -0.1) is 34.9 Å². The minimum Gasteiger partial charge on any atom is -0.454 e. The Bertz CT molecular complexity index is 759. The van der Waals surface area contributed by atoms with Crippen molar-refractivity contribution in [2.45, 2.75) is 24.9 Å². The molecule has 0 radical (unpaired) electrons. The second-order valence-electron chi connectivity index (χ2n) is 5.88. The summed E-state index contributed by atoms with van der Waals surface area (Å²) in [5.41, 5.74) is 2.37. The van der Waals surface area contributed by atoms with Crippen LogP contribution in [-0.4, -0.2) is 29.9 Å². The fourth-order valence-electron chi connectivity index (χ4n) is 2.66. The van der Waals surface area contributed by atoms with E-state index in [1.165, 1.54) is 23.5 Å². The molecule has 132 valence electrons. The number of thiophene rings is 1. The molecule has 1 aromatic carbocycles. The number of esters is 1. The number of ketones is 1. The van der Waals surface area contributed by atoms with Gasteiger partial charge in [-0.2, -0.15) is 0 Å². The molecule has 6 heteroatoms. The molecule has 1 aromatic heterocycles. The molecule has 0 amide bonds. The van der Waals surface area contributed by atoms with E-state index < -0.39 is 5.97 Å². The van der Waals surface area contributed by atoms with Crippen molar-refractivity contribution in [3.05, 3.63) is 56.8 Å². The summed E-state index contributed by atoms with van der Waals surface area (Å²) in [5.74, 6) is 1.77. The van der Waals surface area contributed by atoms with E-state index in [9.17, 15) is 9.59 Å². The summed E-state index contributed by atoms with van der Waals surface area (Å²) < 4.78 is 5.65. The SMILES string of the molecule is Cc1cc(C(=O)COC(=O)c2ccc(C3SCCCS3)cc2)c(C)s1. The number of Topliss-reactive ketones (excluding diaryl/α,β-unsaturated/α-hetero) is 1. The Hall–Kier alpha value is -1.24. The molecule has 1 aliphatic rings. The summed E-state index contributed by atoms with van der Waals surface area (Å²) >= 11 is 5.48. The van der Waals surface area contributed by atoms with Crippen LogP contribution >= 0.6 is 34.9 Å². The third kappa shape index (κ3) is 4.68. The van der Waals surface area contributed by atoms with Crippen molar-refractivity contribution in [2.75, 3.05) is 18.1 Å². The quantitative estimate of drug-likeness (QED) is 0.512. The van der Waals surface area contributed by atoms with Crippen molar-refractivity contribution < 1.29 is 14.3 Å². The molecule has 0 bridgehead atoms. The zero-order valence-corrected chi connectivity index (χ0v) is 16.7. The maximum absolute atomic E-state index is 12.2. The third-order valence-corrected chi connectivity index (χ3v) is 7.90. The first-order valence-corrected chi connectivity index (χ1v) is 11.1. The molecule has 0 saturated carbocycles. The fourth-order valence-corrected chi connectivity index (χ4v) is 6.49. The summed E-state index contributed by atoms with van der Waals surface area (Å²) in [6.07, 6.45) is 1.26. The van der Waals surface area contributed by atoms with Crippen LogP contribution in [0, 0.1) is 13.8 Å². The Balaban J connectivity index is 1.57. The third-order valence-electron chi connectivity index (χ3n) is 3.92. The van der Waals surface area contributed by atoms with E-state index in [-0.39, 0.29) is 12.4 Å². The zero-order chi connectivity index (χ0) is 17.8. The number of aryl methyl sites for hydroxylation is 2. The van der Waals surface area contributed by atoms with E-state index in [1.807, 2.05) is 55.6 Å². The van der Waals surface area contributed by atoms with E-state index in [0.717, 1.165) is 9.75 Å². The van der Waals surface area contributed by atoms with Crippen LogP contribution in [0.5, 0.6) is 0 Å². The van der Waals surface area contributed by atoms with E-state index in [4.69, 9.17) is 4.74 Å². The molecular weight excluding hydrogens is 372 g/mol. The Morgan fingerprint density at radius 1 is 1.12 bits per heavy atom. The van der Waals surface area contributed by atoms with Crippen LogP contribution < -0.4 is 0 Å². The van der Waals surface area contributed by atoms with Crippen molar-refractivity contribution >= 4 is 46.6 Å². The Kier molecular flexibility index (Phi) is 6.25. The second-order valence-corrected chi connectivity index (χ2v) is 10.1. The lowest BCUT2D eigenvalue weighted by molar-refractivity contribution is 0.0474.